The minimum Gasteiger partial charge on any atom is -0.319 e. The third kappa shape index (κ3) is 2.64. The highest BCUT2D eigenvalue weighted by atomic mass is 19.4. The lowest BCUT2D eigenvalue weighted by atomic mass is 9.89. The number of hydrogen-bond acceptors (Lipinski definition) is 4. The molecule has 2 rings (SSSR count). The molecule has 2 unspecified atom stereocenters. The van der Waals surface area contributed by atoms with Gasteiger partial charge in [0, 0.05) is 5.92 Å². The molecule has 0 bridgehead atoms. The summed E-state index contributed by atoms with van der Waals surface area (Å²) < 4.78 is 48.1. The van der Waals surface area contributed by atoms with Gasteiger partial charge in [0.25, 0.3) is 0 Å². The second-order valence-electron chi connectivity index (χ2n) is 4.55. The highest BCUT2D eigenvalue weighted by Gasteiger charge is 2.66. The van der Waals surface area contributed by atoms with Gasteiger partial charge in [0.05, 0.1) is 6.61 Å². The van der Waals surface area contributed by atoms with Gasteiger partial charge >= 0.3 is 12.1 Å². The molecule has 0 spiro atoms. The standard InChI is InChI=1S/C11H17F3O4/c1-2-15-11(10(12,13)14)16-9(17-18-11)8-6-4-3-5-7-8/h8-9H,2-7H2,1H3. The Bertz CT molecular complexity index is 278. The van der Waals surface area contributed by atoms with Gasteiger partial charge in [-0.1, -0.05) is 19.3 Å². The minimum absolute atomic E-state index is 0.0663. The molecule has 1 saturated carbocycles. The first-order valence-electron chi connectivity index (χ1n) is 6.21. The molecule has 1 aliphatic heterocycles. The van der Waals surface area contributed by atoms with E-state index in [1.807, 2.05) is 0 Å². The molecule has 0 radical (unpaired) electrons. The molecular formula is C11H17F3O4. The first-order valence-corrected chi connectivity index (χ1v) is 6.21. The van der Waals surface area contributed by atoms with Crippen molar-refractivity contribution in [2.45, 2.75) is 57.5 Å². The summed E-state index contributed by atoms with van der Waals surface area (Å²) in [6.07, 6.45) is -1.17. The Morgan fingerprint density at radius 1 is 1.22 bits per heavy atom. The molecule has 1 saturated heterocycles. The predicted octanol–water partition coefficient (Wildman–Crippen LogP) is 3.12. The molecule has 2 aliphatic rings. The largest absolute Gasteiger partial charge is 0.475 e. The van der Waals surface area contributed by atoms with Crippen molar-refractivity contribution < 1.29 is 32.4 Å². The second-order valence-corrected chi connectivity index (χ2v) is 4.55. The first kappa shape index (κ1) is 14.0. The summed E-state index contributed by atoms with van der Waals surface area (Å²) in [6, 6.07) is 0. The van der Waals surface area contributed by atoms with Crippen LogP contribution in [-0.2, 0) is 19.2 Å². The van der Waals surface area contributed by atoms with Crippen LogP contribution in [0, 0.1) is 5.92 Å². The fourth-order valence-electron chi connectivity index (χ4n) is 2.33. The van der Waals surface area contributed by atoms with E-state index in [2.05, 4.69) is 9.62 Å². The molecular weight excluding hydrogens is 253 g/mol. The van der Waals surface area contributed by atoms with Crippen LogP contribution >= 0.6 is 0 Å². The average Bonchev–Trinajstić information content (AvgIpc) is 2.76. The van der Waals surface area contributed by atoms with Crippen molar-refractivity contribution in [1.82, 2.24) is 0 Å². The molecule has 0 aromatic rings. The maximum absolute atomic E-state index is 12.9. The van der Waals surface area contributed by atoms with Crippen LogP contribution in [0.5, 0.6) is 0 Å². The zero-order chi connectivity index (χ0) is 13.2. The van der Waals surface area contributed by atoms with Gasteiger partial charge in [0.1, 0.15) is 0 Å². The van der Waals surface area contributed by atoms with E-state index in [1.54, 1.807) is 0 Å². The molecule has 0 aromatic carbocycles. The second kappa shape index (κ2) is 5.32. The van der Waals surface area contributed by atoms with E-state index in [0.717, 1.165) is 32.1 Å². The van der Waals surface area contributed by atoms with Gasteiger partial charge in [0.15, 0.2) is 6.29 Å². The van der Waals surface area contributed by atoms with E-state index in [0.29, 0.717) is 0 Å². The van der Waals surface area contributed by atoms with E-state index in [4.69, 9.17) is 9.62 Å². The van der Waals surface area contributed by atoms with Crippen molar-refractivity contribution in [2.24, 2.45) is 5.92 Å². The zero-order valence-corrected chi connectivity index (χ0v) is 10.2. The van der Waals surface area contributed by atoms with Crippen molar-refractivity contribution in [3.63, 3.8) is 0 Å². The van der Waals surface area contributed by atoms with Crippen LogP contribution in [-0.4, -0.2) is 25.0 Å². The highest BCUT2D eigenvalue weighted by molar-refractivity contribution is 4.76. The van der Waals surface area contributed by atoms with E-state index < -0.39 is 18.4 Å². The van der Waals surface area contributed by atoms with Gasteiger partial charge in [-0.2, -0.15) is 22.9 Å². The number of alkyl halides is 3. The number of hydrogen-bond donors (Lipinski definition) is 0. The molecule has 0 amide bonds. The summed E-state index contributed by atoms with van der Waals surface area (Å²) >= 11 is 0. The fraction of sp³-hybridized carbons (Fsp3) is 1.00. The molecule has 0 aromatic heterocycles. The SMILES string of the molecule is CCOC1(C(F)(F)F)OOC(C2CCCCC2)O1. The van der Waals surface area contributed by atoms with Crippen LogP contribution < -0.4 is 0 Å². The monoisotopic (exact) mass is 270 g/mol. The summed E-state index contributed by atoms with van der Waals surface area (Å²) in [7, 11) is 0. The predicted molar refractivity (Wildman–Crippen MR) is 54.0 cm³/mol. The van der Waals surface area contributed by atoms with Crippen LogP contribution in [0.15, 0.2) is 0 Å². The van der Waals surface area contributed by atoms with E-state index in [1.165, 1.54) is 6.92 Å². The van der Waals surface area contributed by atoms with E-state index >= 15 is 0 Å². The van der Waals surface area contributed by atoms with Crippen LogP contribution in [0.1, 0.15) is 39.0 Å². The molecule has 18 heavy (non-hydrogen) atoms. The molecule has 0 N–H and O–H groups in total. The van der Waals surface area contributed by atoms with Crippen LogP contribution in [0.4, 0.5) is 13.2 Å². The Balaban J connectivity index is 2.03. The Morgan fingerprint density at radius 2 is 1.89 bits per heavy atom. The molecule has 2 fully saturated rings. The quantitative estimate of drug-likeness (QED) is 0.738. The van der Waals surface area contributed by atoms with Crippen molar-refractivity contribution in [3.05, 3.63) is 0 Å². The smallest absolute Gasteiger partial charge is 0.319 e. The van der Waals surface area contributed by atoms with E-state index in [9.17, 15) is 13.2 Å². The third-order valence-electron chi connectivity index (χ3n) is 3.24. The van der Waals surface area contributed by atoms with Gasteiger partial charge in [-0.3, -0.25) is 4.74 Å². The lowest BCUT2D eigenvalue weighted by Gasteiger charge is -2.28. The minimum atomic E-state index is -4.79. The van der Waals surface area contributed by atoms with Crippen LogP contribution in [0.2, 0.25) is 0 Å². The highest BCUT2D eigenvalue weighted by Crippen LogP contribution is 2.44. The van der Waals surface area contributed by atoms with Gasteiger partial charge in [-0.25, -0.2) is 0 Å². The van der Waals surface area contributed by atoms with Crippen molar-refractivity contribution >= 4 is 0 Å². The Hall–Kier alpha value is -0.370. The van der Waals surface area contributed by atoms with Gasteiger partial charge in [-0.05, 0) is 19.8 Å². The number of rotatable bonds is 3. The Kier molecular flexibility index (Phi) is 4.15. The van der Waals surface area contributed by atoms with E-state index in [-0.39, 0.29) is 12.5 Å². The maximum Gasteiger partial charge on any atom is 0.475 e. The van der Waals surface area contributed by atoms with Crippen molar-refractivity contribution in [1.29, 1.82) is 0 Å². The summed E-state index contributed by atoms with van der Waals surface area (Å²) in [5, 5.41) is 0. The summed E-state index contributed by atoms with van der Waals surface area (Å²) in [4.78, 5) is 9.06. The molecule has 106 valence electrons. The average molecular weight is 270 g/mol. The number of ether oxygens (including phenoxy) is 2. The van der Waals surface area contributed by atoms with Crippen LogP contribution in [0.3, 0.4) is 0 Å². The summed E-state index contributed by atoms with van der Waals surface area (Å²) in [6.45, 7) is 1.26. The Morgan fingerprint density at radius 3 is 2.44 bits per heavy atom. The maximum atomic E-state index is 12.9. The number of halogens is 3. The molecule has 1 heterocycles. The van der Waals surface area contributed by atoms with Crippen molar-refractivity contribution in [2.75, 3.05) is 6.61 Å². The van der Waals surface area contributed by atoms with Gasteiger partial charge < -0.3 is 4.74 Å². The Labute approximate surface area is 103 Å². The van der Waals surface area contributed by atoms with Crippen molar-refractivity contribution in [3.8, 4) is 0 Å². The molecule has 7 heteroatoms. The normalized spacial score (nSPS) is 35.0. The first-order chi connectivity index (χ1) is 8.48. The molecule has 1 aliphatic carbocycles. The molecule has 2 atom stereocenters. The molecule has 4 nitrogen and oxygen atoms in total. The third-order valence-corrected chi connectivity index (χ3v) is 3.24. The van der Waals surface area contributed by atoms with Gasteiger partial charge in [-0.15, -0.1) is 0 Å². The zero-order valence-electron chi connectivity index (χ0n) is 10.2. The lowest BCUT2D eigenvalue weighted by molar-refractivity contribution is -0.496. The fourth-order valence-corrected chi connectivity index (χ4v) is 2.33. The van der Waals surface area contributed by atoms with Crippen LogP contribution in [0.25, 0.3) is 0 Å². The topological polar surface area (TPSA) is 36.9 Å². The summed E-state index contributed by atoms with van der Waals surface area (Å²) in [5.41, 5.74) is 0. The summed E-state index contributed by atoms with van der Waals surface area (Å²) in [5.74, 6) is -3.13. The van der Waals surface area contributed by atoms with Gasteiger partial charge in [0.2, 0.25) is 0 Å². The lowest BCUT2D eigenvalue weighted by Crippen LogP contribution is -2.49.